The summed E-state index contributed by atoms with van der Waals surface area (Å²) in [5.74, 6) is -1.40. The number of rotatable bonds is 6. The molecule has 0 aromatic heterocycles. The fourth-order valence-electron chi connectivity index (χ4n) is 1.96. The summed E-state index contributed by atoms with van der Waals surface area (Å²) in [7, 11) is 0. The van der Waals surface area contributed by atoms with E-state index in [2.05, 4.69) is 10.6 Å². The summed E-state index contributed by atoms with van der Waals surface area (Å²) in [6, 6.07) is 2.02. The number of nitrogens with one attached hydrogen (secondary N) is 2. The van der Waals surface area contributed by atoms with Gasteiger partial charge in [0.05, 0.1) is 10.5 Å². The molecule has 0 aliphatic heterocycles. The van der Waals surface area contributed by atoms with Crippen LogP contribution in [0.4, 0.5) is 15.8 Å². The lowest BCUT2D eigenvalue weighted by molar-refractivity contribution is -0.384. The minimum absolute atomic E-state index is 0.115. The van der Waals surface area contributed by atoms with Crippen molar-refractivity contribution in [3.63, 3.8) is 0 Å². The molecular formula is C14H18FN3O3. The van der Waals surface area contributed by atoms with Crippen molar-refractivity contribution in [1.82, 2.24) is 5.32 Å². The summed E-state index contributed by atoms with van der Waals surface area (Å²) in [5, 5.41) is 16.6. The number of halogens is 1. The molecular weight excluding hydrogens is 277 g/mol. The third kappa shape index (κ3) is 3.48. The molecule has 0 unspecified atom stereocenters. The fourth-order valence-corrected chi connectivity index (χ4v) is 1.96. The van der Waals surface area contributed by atoms with Crippen LogP contribution in [0.2, 0.25) is 0 Å². The number of anilines is 1. The van der Waals surface area contributed by atoms with E-state index in [1.165, 1.54) is 0 Å². The third-order valence-electron chi connectivity index (χ3n) is 3.50. The zero-order chi connectivity index (χ0) is 15.6. The highest BCUT2D eigenvalue weighted by Gasteiger charge is 2.39. The number of nitrogens with zero attached hydrogens (tertiary/aromatic N) is 1. The summed E-state index contributed by atoms with van der Waals surface area (Å²) in [6.07, 6.45) is 2.46. The number of carbonyl (C=O) groups excluding carboxylic acids is 1. The van der Waals surface area contributed by atoms with Gasteiger partial charge >= 0.3 is 0 Å². The third-order valence-corrected chi connectivity index (χ3v) is 3.50. The monoisotopic (exact) mass is 295 g/mol. The molecule has 6 nitrogen and oxygen atoms in total. The van der Waals surface area contributed by atoms with Crippen molar-refractivity contribution in [1.29, 1.82) is 0 Å². The average molecular weight is 295 g/mol. The Labute approximate surface area is 121 Å². The van der Waals surface area contributed by atoms with Gasteiger partial charge in [-0.15, -0.1) is 0 Å². The van der Waals surface area contributed by atoms with Crippen LogP contribution in [0, 0.1) is 15.9 Å². The van der Waals surface area contributed by atoms with Gasteiger partial charge in [-0.1, -0.05) is 6.92 Å². The molecule has 0 bridgehead atoms. The largest absolute Gasteiger partial charge is 0.374 e. The van der Waals surface area contributed by atoms with Crippen molar-refractivity contribution in [2.24, 2.45) is 0 Å². The highest BCUT2D eigenvalue weighted by Crippen LogP contribution is 2.41. The summed E-state index contributed by atoms with van der Waals surface area (Å²) < 4.78 is 14.0. The molecule has 0 saturated heterocycles. The number of benzene rings is 1. The maximum atomic E-state index is 14.0. The SMILES string of the molecule is CCCNC(=O)c1cc([N+](=O)[O-])c(NC2(C)CC2)cc1F. The number of hydrogen-bond acceptors (Lipinski definition) is 4. The molecule has 1 aromatic carbocycles. The molecule has 114 valence electrons. The molecule has 21 heavy (non-hydrogen) atoms. The van der Waals surface area contributed by atoms with E-state index >= 15 is 0 Å². The van der Waals surface area contributed by atoms with Crippen LogP contribution in [-0.2, 0) is 0 Å². The summed E-state index contributed by atoms with van der Waals surface area (Å²) in [4.78, 5) is 22.3. The minimum Gasteiger partial charge on any atom is -0.374 e. The van der Waals surface area contributed by atoms with Gasteiger partial charge in [0.25, 0.3) is 11.6 Å². The Morgan fingerprint density at radius 1 is 1.48 bits per heavy atom. The van der Waals surface area contributed by atoms with E-state index in [4.69, 9.17) is 0 Å². The molecule has 1 aliphatic rings. The van der Waals surface area contributed by atoms with Gasteiger partial charge in [-0.05, 0) is 26.2 Å². The first-order valence-electron chi connectivity index (χ1n) is 6.90. The summed E-state index contributed by atoms with van der Waals surface area (Å²) >= 11 is 0. The number of nitro benzene ring substituents is 1. The van der Waals surface area contributed by atoms with Gasteiger partial charge in [0.15, 0.2) is 0 Å². The Morgan fingerprint density at radius 3 is 2.67 bits per heavy atom. The molecule has 0 spiro atoms. The van der Waals surface area contributed by atoms with Crippen LogP contribution in [-0.4, -0.2) is 22.9 Å². The normalized spacial score (nSPS) is 15.4. The second-order valence-corrected chi connectivity index (χ2v) is 5.55. The number of carbonyl (C=O) groups is 1. The molecule has 1 amide bonds. The first-order valence-corrected chi connectivity index (χ1v) is 6.90. The Bertz CT molecular complexity index is 585. The molecule has 1 aliphatic carbocycles. The van der Waals surface area contributed by atoms with E-state index in [9.17, 15) is 19.3 Å². The van der Waals surface area contributed by atoms with Crippen molar-refractivity contribution >= 4 is 17.3 Å². The van der Waals surface area contributed by atoms with Gasteiger partial charge in [-0.25, -0.2) is 4.39 Å². The standard InChI is InChI=1S/C14H18FN3O3/c1-3-6-16-13(19)9-7-12(18(20)21)11(8-10(9)15)17-14(2)4-5-14/h7-8,17H,3-6H2,1-2H3,(H,16,19). The lowest BCUT2D eigenvalue weighted by atomic mass is 10.1. The van der Waals surface area contributed by atoms with Gasteiger partial charge in [0.2, 0.25) is 0 Å². The van der Waals surface area contributed by atoms with Crippen molar-refractivity contribution < 1.29 is 14.1 Å². The van der Waals surface area contributed by atoms with Crippen LogP contribution in [0.25, 0.3) is 0 Å². The second-order valence-electron chi connectivity index (χ2n) is 5.55. The number of nitro groups is 1. The van der Waals surface area contributed by atoms with Gasteiger partial charge < -0.3 is 10.6 Å². The van der Waals surface area contributed by atoms with E-state index in [1.54, 1.807) is 0 Å². The van der Waals surface area contributed by atoms with Crippen LogP contribution >= 0.6 is 0 Å². The molecule has 2 rings (SSSR count). The fraction of sp³-hybridized carbons (Fsp3) is 0.500. The molecule has 2 N–H and O–H groups in total. The first kappa shape index (κ1) is 15.2. The Hall–Kier alpha value is -2.18. The predicted octanol–water partition coefficient (Wildman–Crippen LogP) is 2.84. The molecule has 0 heterocycles. The maximum absolute atomic E-state index is 14.0. The summed E-state index contributed by atoms with van der Waals surface area (Å²) in [6.45, 7) is 4.17. The molecule has 1 saturated carbocycles. The Morgan fingerprint density at radius 2 is 2.14 bits per heavy atom. The van der Waals surface area contributed by atoms with Gasteiger partial charge in [-0.3, -0.25) is 14.9 Å². The summed E-state index contributed by atoms with van der Waals surface area (Å²) in [5.41, 5.74) is -0.694. The zero-order valence-corrected chi connectivity index (χ0v) is 12.0. The topological polar surface area (TPSA) is 84.3 Å². The van der Waals surface area contributed by atoms with Crippen LogP contribution in [0.15, 0.2) is 12.1 Å². The second kappa shape index (κ2) is 5.67. The van der Waals surface area contributed by atoms with E-state index in [-0.39, 0.29) is 22.5 Å². The Balaban J connectivity index is 2.34. The molecule has 0 atom stereocenters. The highest BCUT2D eigenvalue weighted by molar-refractivity contribution is 5.96. The van der Waals surface area contributed by atoms with Crippen molar-refractivity contribution in [2.45, 2.75) is 38.6 Å². The van der Waals surface area contributed by atoms with Gasteiger partial charge in [0.1, 0.15) is 11.5 Å². The smallest absolute Gasteiger partial charge is 0.293 e. The van der Waals surface area contributed by atoms with Gasteiger partial charge in [0, 0.05) is 24.2 Å². The predicted molar refractivity (Wildman–Crippen MR) is 76.9 cm³/mol. The molecule has 0 radical (unpaired) electrons. The lowest BCUT2D eigenvalue weighted by Crippen LogP contribution is -2.25. The van der Waals surface area contributed by atoms with Crippen molar-refractivity contribution in [3.05, 3.63) is 33.6 Å². The average Bonchev–Trinajstić information content (AvgIpc) is 3.13. The van der Waals surface area contributed by atoms with Gasteiger partial charge in [-0.2, -0.15) is 0 Å². The van der Waals surface area contributed by atoms with E-state index in [0.717, 1.165) is 25.0 Å². The van der Waals surface area contributed by atoms with Crippen LogP contribution in [0.5, 0.6) is 0 Å². The van der Waals surface area contributed by atoms with Crippen molar-refractivity contribution in [3.8, 4) is 0 Å². The molecule has 7 heteroatoms. The van der Waals surface area contributed by atoms with Crippen molar-refractivity contribution in [2.75, 3.05) is 11.9 Å². The lowest BCUT2D eigenvalue weighted by Gasteiger charge is -2.14. The van der Waals surface area contributed by atoms with Crippen LogP contribution < -0.4 is 10.6 Å². The number of amides is 1. The zero-order valence-electron chi connectivity index (χ0n) is 12.0. The molecule has 1 aromatic rings. The first-order chi connectivity index (χ1) is 9.86. The highest BCUT2D eigenvalue weighted by atomic mass is 19.1. The van der Waals surface area contributed by atoms with E-state index < -0.39 is 16.6 Å². The molecule has 1 fully saturated rings. The number of hydrogen-bond donors (Lipinski definition) is 2. The van der Waals surface area contributed by atoms with E-state index in [1.807, 2.05) is 13.8 Å². The quantitative estimate of drug-likeness (QED) is 0.624. The van der Waals surface area contributed by atoms with Crippen LogP contribution in [0.3, 0.4) is 0 Å². The van der Waals surface area contributed by atoms with E-state index in [0.29, 0.717) is 13.0 Å². The van der Waals surface area contributed by atoms with Crippen LogP contribution in [0.1, 0.15) is 43.5 Å². The minimum atomic E-state index is -0.763. The Kier molecular flexibility index (Phi) is 4.11. The maximum Gasteiger partial charge on any atom is 0.293 e.